The third-order valence-electron chi connectivity index (χ3n) is 3.29. The number of carbonyl (C=O) groups excluding carboxylic acids is 2. The predicted octanol–water partition coefficient (Wildman–Crippen LogP) is 2.16. The van der Waals surface area contributed by atoms with Gasteiger partial charge in [-0.2, -0.15) is 0 Å². The average molecular weight is 262 g/mol. The quantitative estimate of drug-likeness (QED) is 0.831. The number of ether oxygens (including phenoxy) is 1. The van der Waals surface area contributed by atoms with E-state index in [9.17, 15) is 9.59 Å². The van der Waals surface area contributed by atoms with Crippen LogP contribution in [0.25, 0.3) is 0 Å². The molecule has 102 valence electrons. The third-order valence-corrected chi connectivity index (χ3v) is 3.29. The summed E-state index contributed by atoms with van der Waals surface area (Å²) in [5, 5.41) is 2.80. The number of carbonyl (C=O) groups is 2. The van der Waals surface area contributed by atoms with E-state index in [1.165, 1.54) is 12.0 Å². The number of benzene rings is 1. The maximum Gasteiger partial charge on any atom is 0.328 e. The van der Waals surface area contributed by atoms with Crippen molar-refractivity contribution in [2.75, 3.05) is 19.0 Å². The minimum Gasteiger partial charge on any atom is -0.467 e. The van der Waals surface area contributed by atoms with E-state index in [1.807, 2.05) is 31.2 Å². The van der Waals surface area contributed by atoms with Gasteiger partial charge >= 0.3 is 12.0 Å². The zero-order valence-corrected chi connectivity index (χ0v) is 11.2. The van der Waals surface area contributed by atoms with Crippen LogP contribution in [-0.2, 0) is 9.53 Å². The maximum atomic E-state index is 12.1. The van der Waals surface area contributed by atoms with Crippen molar-refractivity contribution in [2.24, 2.45) is 0 Å². The molecular formula is C14H18N2O3. The van der Waals surface area contributed by atoms with E-state index in [-0.39, 0.29) is 12.0 Å². The summed E-state index contributed by atoms with van der Waals surface area (Å²) in [6.45, 7) is 2.57. The van der Waals surface area contributed by atoms with Crippen LogP contribution < -0.4 is 5.32 Å². The number of amides is 2. The fourth-order valence-electron chi connectivity index (χ4n) is 2.22. The van der Waals surface area contributed by atoms with Crippen LogP contribution >= 0.6 is 0 Å². The zero-order chi connectivity index (χ0) is 13.8. The van der Waals surface area contributed by atoms with Gasteiger partial charge in [0.1, 0.15) is 6.04 Å². The Bertz CT molecular complexity index is 470. The Labute approximate surface area is 112 Å². The second-order valence-electron chi connectivity index (χ2n) is 4.67. The standard InChI is InChI=1S/C14H18N2O3/c1-10-5-7-11(8-6-10)15-14(18)16-9-3-4-12(16)13(17)19-2/h5-8,12H,3-4,9H2,1-2H3,(H,15,18). The summed E-state index contributed by atoms with van der Waals surface area (Å²) >= 11 is 0. The third kappa shape index (κ3) is 3.05. The van der Waals surface area contributed by atoms with E-state index in [2.05, 4.69) is 5.32 Å². The van der Waals surface area contributed by atoms with Crippen molar-refractivity contribution in [3.63, 3.8) is 0 Å². The number of anilines is 1. The van der Waals surface area contributed by atoms with Crippen LogP contribution in [0.4, 0.5) is 10.5 Å². The van der Waals surface area contributed by atoms with E-state index >= 15 is 0 Å². The van der Waals surface area contributed by atoms with E-state index < -0.39 is 6.04 Å². The number of urea groups is 1. The highest BCUT2D eigenvalue weighted by Gasteiger charge is 2.34. The van der Waals surface area contributed by atoms with Gasteiger partial charge in [0.2, 0.25) is 0 Å². The zero-order valence-electron chi connectivity index (χ0n) is 11.2. The van der Waals surface area contributed by atoms with Crippen molar-refractivity contribution in [3.8, 4) is 0 Å². The molecule has 0 bridgehead atoms. The molecule has 1 aromatic carbocycles. The number of methoxy groups -OCH3 is 1. The van der Waals surface area contributed by atoms with Crippen molar-refractivity contribution in [1.82, 2.24) is 4.90 Å². The predicted molar refractivity (Wildman–Crippen MR) is 71.9 cm³/mol. The molecule has 0 radical (unpaired) electrons. The fourth-order valence-corrected chi connectivity index (χ4v) is 2.22. The first kappa shape index (κ1) is 13.4. The van der Waals surface area contributed by atoms with Crippen LogP contribution in [0.3, 0.4) is 0 Å². The van der Waals surface area contributed by atoms with Crippen LogP contribution in [0.2, 0.25) is 0 Å². The molecule has 1 saturated heterocycles. The minimum absolute atomic E-state index is 0.253. The molecule has 19 heavy (non-hydrogen) atoms. The SMILES string of the molecule is COC(=O)C1CCCN1C(=O)Nc1ccc(C)cc1. The normalized spacial score (nSPS) is 18.2. The van der Waals surface area contributed by atoms with Gasteiger partial charge in [0.25, 0.3) is 0 Å². The number of hydrogen-bond donors (Lipinski definition) is 1. The molecule has 1 unspecified atom stereocenters. The van der Waals surface area contributed by atoms with Gasteiger partial charge in [-0.05, 0) is 31.9 Å². The summed E-state index contributed by atoms with van der Waals surface area (Å²) in [4.78, 5) is 25.3. The molecule has 0 spiro atoms. The summed E-state index contributed by atoms with van der Waals surface area (Å²) in [6, 6.07) is 6.83. The molecule has 1 aliphatic rings. The Morgan fingerprint density at radius 1 is 1.32 bits per heavy atom. The van der Waals surface area contributed by atoms with Crippen molar-refractivity contribution >= 4 is 17.7 Å². The van der Waals surface area contributed by atoms with E-state index in [1.54, 1.807) is 0 Å². The summed E-state index contributed by atoms with van der Waals surface area (Å²) in [5.41, 5.74) is 1.86. The van der Waals surface area contributed by atoms with E-state index in [0.717, 1.165) is 17.7 Å². The number of hydrogen-bond acceptors (Lipinski definition) is 3. The molecule has 1 fully saturated rings. The Morgan fingerprint density at radius 3 is 2.63 bits per heavy atom. The van der Waals surface area contributed by atoms with Gasteiger partial charge in [0.05, 0.1) is 7.11 Å². The van der Waals surface area contributed by atoms with Gasteiger partial charge in [-0.3, -0.25) is 0 Å². The average Bonchev–Trinajstić information content (AvgIpc) is 2.90. The molecule has 1 N–H and O–H groups in total. The molecule has 1 aliphatic heterocycles. The van der Waals surface area contributed by atoms with Crippen molar-refractivity contribution in [3.05, 3.63) is 29.8 Å². The summed E-state index contributed by atoms with van der Waals surface area (Å²) in [6.07, 6.45) is 1.48. The van der Waals surface area contributed by atoms with Gasteiger partial charge in [0.15, 0.2) is 0 Å². The Balaban J connectivity index is 2.03. The number of aryl methyl sites for hydroxylation is 1. The van der Waals surface area contributed by atoms with E-state index in [0.29, 0.717) is 13.0 Å². The van der Waals surface area contributed by atoms with Crippen LogP contribution in [0.5, 0.6) is 0 Å². The lowest BCUT2D eigenvalue weighted by atomic mass is 10.2. The lowest BCUT2D eigenvalue weighted by molar-refractivity contribution is -0.144. The van der Waals surface area contributed by atoms with Gasteiger partial charge in [-0.15, -0.1) is 0 Å². The molecule has 0 aliphatic carbocycles. The number of esters is 1. The second-order valence-corrected chi connectivity index (χ2v) is 4.67. The highest BCUT2D eigenvalue weighted by molar-refractivity contribution is 5.93. The van der Waals surface area contributed by atoms with Gasteiger partial charge in [0, 0.05) is 12.2 Å². The Morgan fingerprint density at radius 2 is 2.00 bits per heavy atom. The largest absolute Gasteiger partial charge is 0.467 e. The highest BCUT2D eigenvalue weighted by atomic mass is 16.5. The number of nitrogens with one attached hydrogen (secondary N) is 1. The van der Waals surface area contributed by atoms with Crippen LogP contribution in [-0.4, -0.2) is 36.6 Å². The first-order valence-electron chi connectivity index (χ1n) is 6.34. The molecule has 2 rings (SSSR count). The molecule has 1 aromatic rings. The Kier molecular flexibility index (Phi) is 4.04. The topological polar surface area (TPSA) is 58.6 Å². The van der Waals surface area contributed by atoms with Crippen molar-refractivity contribution in [2.45, 2.75) is 25.8 Å². The lowest BCUT2D eigenvalue weighted by Crippen LogP contribution is -2.43. The molecule has 0 saturated carbocycles. The van der Waals surface area contributed by atoms with Gasteiger partial charge in [-0.25, -0.2) is 9.59 Å². The van der Waals surface area contributed by atoms with Gasteiger partial charge < -0.3 is 15.0 Å². The van der Waals surface area contributed by atoms with Crippen molar-refractivity contribution < 1.29 is 14.3 Å². The van der Waals surface area contributed by atoms with Crippen LogP contribution in [0.1, 0.15) is 18.4 Å². The molecule has 1 atom stereocenters. The van der Waals surface area contributed by atoms with Gasteiger partial charge in [-0.1, -0.05) is 17.7 Å². The maximum absolute atomic E-state index is 12.1. The molecule has 5 heteroatoms. The second kappa shape index (κ2) is 5.73. The molecule has 5 nitrogen and oxygen atoms in total. The summed E-state index contributed by atoms with van der Waals surface area (Å²) < 4.78 is 4.72. The fraction of sp³-hybridized carbons (Fsp3) is 0.429. The summed E-state index contributed by atoms with van der Waals surface area (Å²) in [5.74, 6) is -0.350. The number of rotatable bonds is 2. The first-order valence-corrected chi connectivity index (χ1v) is 6.34. The van der Waals surface area contributed by atoms with Crippen molar-refractivity contribution in [1.29, 1.82) is 0 Å². The molecule has 0 aromatic heterocycles. The molecule has 2 amide bonds. The molecular weight excluding hydrogens is 244 g/mol. The smallest absolute Gasteiger partial charge is 0.328 e. The lowest BCUT2D eigenvalue weighted by Gasteiger charge is -2.22. The Hall–Kier alpha value is -2.04. The number of nitrogens with zero attached hydrogens (tertiary/aromatic N) is 1. The minimum atomic E-state index is -0.463. The highest BCUT2D eigenvalue weighted by Crippen LogP contribution is 2.20. The molecule has 1 heterocycles. The summed E-state index contributed by atoms with van der Waals surface area (Å²) in [7, 11) is 1.34. The first-order chi connectivity index (χ1) is 9.11. The van der Waals surface area contributed by atoms with Crippen LogP contribution in [0, 0.1) is 6.92 Å². The number of likely N-dealkylation sites (tertiary alicyclic amines) is 1. The monoisotopic (exact) mass is 262 g/mol. The van der Waals surface area contributed by atoms with Crippen LogP contribution in [0.15, 0.2) is 24.3 Å². The van der Waals surface area contributed by atoms with E-state index in [4.69, 9.17) is 4.74 Å².